The van der Waals surface area contributed by atoms with E-state index in [4.69, 9.17) is 9.84 Å². The maximum absolute atomic E-state index is 11.1. The van der Waals surface area contributed by atoms with Gasteiger partial charge < -0.3 is 20.1 Å². The number of carbonyl (C=O) groups is 1. The average Bonchev–Trinajstić information content (AvgIpc) is 2.36. The van der Waals surface area contributed by atoms with Crippen molar-refractivity contribution in [2.24, 2.45) is 0 Å². The molecule has 1 aliphatic rings. The van der Waals surface area contributed by atoms with E-state index >= 15 is 0 Å². The lowest BCUT2D eigenvalue weighted by atomic mass is 10.1. The summed E-state index contributed by atoms with van der Waals surface area (Å²) in [6.07, 6.45) is 3.33. The third-order valence-electron chi connectivity index (χ3n) is 3.32. The quantitative estimate of drug-likeness (QED) is 0.678. The lowest BCUT2D eigenvalue weighted by Crippen LogP contribution is -2.49. The first-order valence-electron chi connectivity index (χ1n) is 6.97. The summed E-state index contributed by atoms with van der Waals surface area (Å²) in [6.45, 7) is 8.03. The number of carboxylic acids is 1. The van der Waals surface area contributed by atoms with E-state index in [9.17, 15) is 4.79 Å². The molecule has 18 heavy (non-hydrogen) atoms. The van der Waals surface area contributed by atoms with Crippen LogP contribution >= 0.6 is 0 Å². The van der Waals surface area contributed by atoms with Gasteiger partial charge in [0.15, 0.2) is 0 Å². The van der Waals surface area contributed by atoms with Crippen LogP contribution in [0.25, 0.3) is 0 Å². The molecule has 1 heterocycles. The Kier molecular flexibility index (Phi) is 7.23. The number of nitrogens with one attached hydrogen (secondary N) is 1. The van der Waals surface area contributed by atoms with E-state index < -0.39 is 12.0 Å². The standard InChI is InChI=1S/C13H26N2O3/c1-3-7-14-12(13(16)17)10-15-8-5-11(6-9-15)18-4-2/h11-12,14H,3-10H2,1-2H3,(H,16,17). The van der Waals surface area contributed by atoms with E-state index in [2.05, 4.69) is 10.2 Å². The van der Waals surface area contributed by atoms with E-state index in [-0.39, 0.29) is 0 Å². The van der Waals surface area contributed by atoms with E-state index in [0.29, 0.717) is 12.6 Å². The molecule has 5 heteroatoms. The number of ether oxygens (including phenoxy) is 1. The molecule has 0 aromatic heterocycles. The van der Waals surface area contributed by atoms with Gasteiger partial charge in [0.05, 0.1) is 6.10 Å². The van der Waals surface area contributed by atoms with Crippen LogP contribution in [-0.4, -0.2) is 60.9 Å². The van der Waals surface area contributed by atoms with Gasteiger partial charge >= 0.3 is 5.97 Å². The van der Waals surface area contributed by atoms with Crippen molar-refractivity contribution in [3.8, 4) is 0 Å². The van der Waals surface area contributed by atoms with Crippen LogP contribution in [0.1, 0.15) is 33.1 Å². The highest BCUT2D eigenvalue weighted by molar-refractivity contribution is 5.73. The van der Waals surface area contributed by atoms with Gasteiger partial charge in [0.1, 0.15) is 6.04 Å². The minimum absolute atomic E-state index is 0.359. The normalized spacial score (nSPS) is 19.9. The van der Waals surface area contributed by atoms with Gasteiger partial charge in [0.2, 0.25) is 0 Å². The fourth-order valence-electron chi connectivity index (χ4n) is 2.30. The third-order valence-corrected chi connectivity index (χ3v) is 3.32. The first-order chi connectivity index (χ1) is 8.67. The molecule has 0 radical (unpaired) electrons. The lowest BCUT2D eigenvalue weighted by molar-refractivity contribution is -0.140. The number of rotatable bonds is 8. The summed E-state index contributed by atoms with van der Waals surface area (Å²) in [5, 5.41) is 12.2. The molecule has 1 atom stereocenters. The first kappa shape index (κ1) is 15.4. The molecule has 1 unspecified atom stereocenters. The minimum Gasteiger partial charge on any atom is -0.480 e. The molecule has 1 saturated heterocycles. The summed E-state index contributed by atoms with van der Waals surface area (Å²) in [7, 11) is 0. The van der Waals surface area contributed by atoms with Crippen molar-refractivity contribution in [3.05, 3.63) is 0 Å². The number of hydrogen-bond acceptors (Lipinski definition) is 4. The molecule has 0 aromatic rings. The molecule has 1 fully saturated rings. The summed E-state index contributed by atoms with van der Waals surface area (Å²) in [6, 6.07) is -0.450. The van der Waals surface area contributed by atoms with Crippen LogP contribution in [0.5, 0.6) is 0 Å². The van der Waals surface area contributed by atoms with Gasteiger partial charge in [0, 0.05) is 26.2 Å². The van der Waals surface area contributed by atoms with E-state index in [1.807, 2.05) is 13.8 Å². The molecular weight excluding hydrogens is 232 g/mol. The van der Waals surface area contributed by atoms with Crippen LogP contribution in [0, 0.1) is 0 Å². The molecule has 0 aliphatic carbocycles. The molecule has 2 N–H and O–H groups in total. The second-order valence-corrected chi connectivity index (χ2v) is 4.80. The third kappa shape index (κ3) is 5.33. The van der Waals surface area contributed by atoms with Crippen molar-refractivity contribution < 1.29 is 14.6 Å². The van der Waals surface area contributed by atoms with Gasteiger partial charge in [-0.2, -0.15) is 0 Å². The van der Waals surface area contributed by atoms with Gasteiger partial charge in [-0.1, -0.05) is 6.92 Å². The molecule has 0 amide bonds. The highest BCUT2D eigenvalue weighted by Crippen LogP contribution is 2.13. The fourth-order valence-corrected chi connectivity index (χ4v) is 2.30. The SMILES string of the molecule is CCCNC(CN1CCC(OCC)CC1)C(=O)O. The van der Waals surface area contributed by atoms with Crippen LogP contribution in [0.2, 0.25) is 0 Å². The Morgan fingerprint density at radius 1 is 1.44 bits per heavy atom. The molecule has 1 rings (SSSR count). The highest BCUT2D eigenvalue weighted by Gasteiger charge is 2.24. The second kappa shape index (κ2) is 8.45. The van der Waals surface area contributed by atoms with Crippen LogP contribution in [0.3, 0.4) is 0 Å². The summed E-state index contributed by atoms with van der Waals surface area (Å²) < 4.78 is 5.59. The monoisotopic (exact) mass is 258 g/mol. The van der Waals surface area contributed by atoms with Gasteiger partial charge in [0.25, 0.3) is 0 Å². The van der Waals surface area contributed by atoms with Gasteiger partial charge in [-0.25, -0.2) is 0 Å². The number of likely N-dealkylation sites (tertiary alicyclic amines) is 1. The number of aliphatic carboxylic acids is 1. The highest BCUT2D eigenvalue weighted by atomic mass is 16.5. The van der Waals surface area contributed by atoms with Crippen molar-refractivity contribution >= 4 is 5.97 Å². The second-order valence-electron chi connectivity index (χ2n) is 4.80. The maximum atomic E-state index is 11.1. The zero-order valence-corrected chi connectivity index (χ0v) is 11.5. The largest absolute Gasteiger partial charge is 0.480 e. The van der Waals surface area contributed by atoms with Gasteiger partial charge in [-0.05, 0) is 32.7 Å². The van der Waals surface area contributed by atoms with Crippen molar-refractivity contribution in [1.82, 2.24) is 10.2 Å². The Hall–Kier alpha value is -0.650. The summed E-state index contributed by atoms with van der Waals surface area (Å²) in [5.74, 6) is -0.754. The first-order valence-corrected chi connectivity index (χ1v) is 6.97. The zero-order chi connectivity index (χ0) is 13.4. The Balaban J connectivity index is 2.30. The van der Waals surface area contributed by atoms with Crippen molar-refractivity contribution in [3.63, 3.8) is 0 Å². The van der Waals surface area contributed by atoms with E-state index in [0.717, 1.165) is 45.5 Å². The topological polar surface area (TPSA) is 61.8 Å². The summed E-state index contributed by atoms with van der Waals surface area (Å²) in [4.78, 5) is 13.4. The summed E-state index contributed by atoms with van der Waals surface area (Å²) >= 11 is 0. The number of carboxylic acid groups (broad SMARTS) is 1. The number of nitrogens with zero attached hydrogens (tertiary/aromatic N) is 1. The van der Waals surface area contributed by atoms with Crippen molar-refractivity contribution in [2.45, 2.75) is 45.3 Å². The Morgan fingerprint density at radius 2 is 2.11 bits per heavy atom. The molecule has 0 saturated carbocycles. The number of hydrogen-bond donors (Lipinski definition) is 2. The van der Waals surface area contributed by atoms with Gasteiger partial charge in [-0.15, -0.1) is 0 Å². The Labute approximate surface area is 109 Å². The van der Waals surface area contributed by atoms with E-state index in [1.165, 1.54) is 0 Å². The maximum Gasteiger partial charge on any atom is 0.322 e. The van der Waals surface area contributed by atoms with Crippen LogP contribution < -0.4 is 5.32 Å². The lowest BCUT2D eigenvalue weighted by Gasteiger charge is -2.33. The van der Waals surface area contributed by atoms with Crippen LogP contribution in [-0.2, 0) is 9.53 Å². The Morgan fingerprint density at radius 3 is 2.61 bits per heavy atom. The molecule has 0 bridgehead atoms. The molecule has 5 nitrogen and oxygen atoms in total. The van der Waals surface area contributed by atoms with Crippen molar-refractivity contribution in [2.75, 3.05) is 32.8 Å². The van der Waals surface area contributed by atoms with E-state index in [1.54, 1.807) is 0 Å². The smallest absolute Gasteiger partial charge is 0.322 e. The minimum atomic E-state index is -0.754. The van der Waals surface area contributed by atoms with Crippen molar-refractivity contribution in [1.29, 1.82) is 0 Å². The Bertz CT molecular complexity index is 240. The average molecular weight is 258 g/mol. The summed E-state index contributed by atoms with van der Waals surface area (Å²) in [5.41, 5.74) is 0. The fraction of sp³-hybridized carbons (Fsp3) is 0.923. The predicted octanol–water partition coefficient (Wildman–Crippen LogP) is 0.940. The predicted molar refractivity (Wildman–Crippen MR) is 70.8 cm³/mol. The van der Waals surface area contributed by atoms with Crippen LogP contribution in [0.15, 0.2) is 0 Å². The zero-order valence-electron chi connectivity index (χ0n) is 11.5. The molecule has 106 valence electrons. The molecule has 1 aliphatic heterocycles. The molecular formula is C13H26N2O3. The number of piperidine rings is 1. The van der Waals surface area contributed by atoms with Gasteiger partial charge in [-0.3, -0.25) is 4.79 Å². The van der Waals surface area contributed by atoms with Crippen LogP contribution in [0.4, 0.5) is 0 Å². The molecule has 0 aromatic carbocycles. The molecule has 0 spiro atoms.